The average molecular weight is 356 g/mol. The van der Waals surface area contributed by atoms with Crippen LogP contribution in [0.15, 0.2) is 40.9 Å². The highest BCUT2D eigenvalue weighted by Gasteiger charge is 2.11. The minimum absolute atomic E-state index is 0.124. The van der Waals surface area contributed by atoms with E-state index in [0.29, 0.717) is 16.6 Å². The second-order valence-corrected chi connectivity index (χ2v) is 5.53. The molecule has 0 atom stereocenters. The molecule has 0 heterocycles. The first-order valence-electron chi connectivity index (χ1n) is 6.72. The Labute approximate surface area is 131 Å². The second-order valence-electron chi connectivity index (χ2n) is 4.61. The van der Waals surface area contributed by atoms with Gasteiger partial charge in [-0.05, 0) is 31.2 Å². The van der Waals surface area contributed by atoms with Crippen molar-refractivity contribution < 1.29 is 13.5 Å². The summed E-state index contributed by atoms with van der Waals surface area (Å²) < 4.78 is 33.4. The zero-order chi connectivity index (χ0) is 15.2. The average Bonchev–Trinajstić information content (AvgIpc) is 2.41. The van der Waals surface area contributed by atoms with Crippen LogP contribution in [0.25, 0.3) is 0 Å². The van der Waals surface area contributed by atoms with Gasteiger partial charge in [0.2, 0.25) is 0 Å². The number of nitrogens with one attached hydrogen (secondary N) is 1. The highest BCUT2D eigenvalue weighted by Crippen LogP contribution is 2.30. The molecule has 2 aromatic rings. The van der Waals surface area contributed by atoms with Crippen LogP contribution < -0.4 is 10.1 Å². The van der Waals surface area contributed by atoms with Gasteiger partial charge >= 0.3 is 0 Å². The van der Waals surface area contributed by atoms with E-state index >= 15 is 0 Å². The molecule has 0 fully saturated rings. The fraction of sp³-hybridized carbons (Fsp3) is 0.250. The fourth-order valence-electron chi connectivity index (χ4n) is 1.91. The van der Waals surface area contributed by atoms with Crippen LogP contribution in [-0.2, 0) is 6.54 Å². The molecule has 0 aromatic heterocycles. The van der Waals surface area contributed by atoms with Crippen molar-refractivity contribution in [3.8, 4) is 11.5 Å². The molecule has 0 saturated carbocycles. The third kappa shape index (κ3) is 4.51. The first-order valence-corrected chi connectivity index (χ1v) is 7.51. The van der Waals surface area contributed by atoms with Gasteiger partial charge in [-0.2, -0.15) is 0 Å². The highest BCUT2D eigenvalue weighted by atomic mass is 79.9. The lowest BCUT2D eigenvalue weighted by Gasteiger charge is -2.13. The Hall–Kier alpha value is -1.46. The van der Waals surface area contributed by atoms with Gasteiger partial charge in [0.25, 0.3) is 0 Å². The highest BCUT2D eigenvalue weighted by molar-refractivity contribution is 9.10. The monoisotopic (exact) mass is 355 g/mol. The summed E-state index contributed by atoms with van der Waals surface area (Å²) in [6.07, 6.45) is 0.988. The number of ether oxygens (including phenoxy) is 1. The lowest BCUT2D eigenvalue weighted by atomic mass is 10.2. The van der Waals surface area contributed by atoms with Gasteiger partial charge in [0, 0.05) is 22.6 Å². The van der Waals surface area contributed by atoms with Gasteiger partial charge in [0.15, 0.2) is 11.6 Å². The summed E-state index contributed by atoms with van der Waals surface area (Å²) in [7, 11) is 0. The van der Waals surface area contributed by atoms with E-state index in [4.69, 9.17) is 4.74 Å². The molecule has 0 aliphatic heterocycles. The first-order chi connectivity index (χ1) is 10.1. The normalized spacial score (nSPS) is 10.7. The maximum absolute atomic E-state index is 14.0. The predicted molar refractivity (Wildman–Crippen MR) is 82.6 cm³/mol. The van der Waals surface area contributed by atoms with Crippen LogP contribution in [0.3, 0.4) is 0 Å². The number of para-hydroxylation sites is 1. The molecule has 0 aliphatic rings. The lowest BCUT2D eigenvalue weighted by molar-refractivity contribution is 0.430. The summed E-state index contributed by atoms with van der Waals surface area (Å²) in [5, 5.41) is 3.20. The molecule has 1 N–H and O–H groups in total. The molecular weight excluding hydrogens is 340 g/mol. The van der Waals surface area contributed by atoms with Gasteiger partial charge in [0.05, 0.1) is 0 Å². The molecule has 0 saturated heterocycles. The fourth-order valence-corrected chi connectivity index (χ4v) is 2.36. The Balaban J connectivity index is 2.25. The molecule has 5 heteroatoms. The smallest absolute Gasteiger partial charge is 0.167 e. The number of hydrogen-bond donors (Lipinski definition) is 1. The van der Waals surface area contributed by atoms with Crippen molar-refractivity contribution in [3.63, 3.8) is 0 Å². The van der Waals surface area contributed by atoms with Crippen LogP contribution in [0.1, 0.15) is 18.9 Å². The Morgan fingerprint density at radius 1 is 1.19 bits per heavy atom. The van der Waals surface area contributed by atoms with E-state index in [-0.39, 0.29) is 11.5 Å². The van der Waals surface area contributed by atoms with Crippen molar-refractivity contribution in [1.82, 2.24) is 5.32 Å². The maximum atomic E-state index is 14.0. The van der Waals surface area contributed by atoms with Crippen LogP contribution in [0.2, 0.25) is 0 Å². The van der Waals surface area contributed by atoms with E-state index in [1.807, 2.05) is 0 Å². The minimum atomic E-state index is -0.466. The van der Waals surface area contributed by atoms with Crippen molar-refractivity contribution in [2.75, 3.05) is 6.54 Å². The van der Waals surface area contributed by atoms with Gasteiger partial charge in [-0.3, -0.25) is 0 Å². The minimum Gasteiger partial charge on any atom is -0.454 e. The zero-order valence-corrected chi connectivity index (χ0v) is 13.2. The van der Waals surface area contributed by atoms with Crippen molar-refractivity contribution in [3.05, 3.63) is 58.1 Å². The van der Waals surface area contributed by atoms with Gasteiger partial charge < -0.3 is 10.1 Å². The summed E-state index contributed by atoms with van der Waals surface area (Å²) >= 11 is 3.19. The van der Waals surface area contributed by atoms with E-state index in [2.05, 4.69) is 28.2 Å². The molecule has 0 amide bonds. The molecular formula is C16H16BrF2NO. The third-order valence-corrected chi connectivity index (χ3v) is 3.30. The number of halogens is 3. The Bertz CT molecular complexity index is 599. The zero-order valence-electron chi connectivity index (χ0n) is 11.6. The van der Waals surface area contributed by atoms with Gasteiger partial charge in [-0.25, -0.2) is 8.78 Å². The quantitative estimate of drug-likeness (QED) is 0.734. The third-order valence-electron chi connectivity index (χ3n) is 2.85. The number of benzene rings is 2. The molecule has 0 radical (unpaired) electrons. The Morgan fingerprint density at radius 3 is 2.71 bits per heavy atom. The molecule has 0 aliphatic carbocycles. The lowest BCUT2D eigenvalue weighted by Crippen LogP contribution is -2.14. The van der Waals surface area contributed by atoms with Crippen LogP contribution in [0, 0.1) is 11.6 Å². The van der Waals surface area contributed by atoms with Crippen LogP contribution in [-0.4, -0.2) is 6.54 Å². The summed E-state index contributed by atoms with van der Waals surface area (Å²) in [6, 6.07) is 8.88. The molecule has 0 spiro atoms. The van der Waals surface area contributed by atoms with Gasteiger partial charge in [-0.1, -0.05) is 35.0 Å². The molecule has 2 aromatic carbocycles. The van der Waals surface area contributed by atoms with Crippen molar-refractivity contribution >= 4 is 15.9 Å². The van der Waals surface area contributed by atoms with Gasteiger partial charge in [0.1, 0.15) is 11.6 Å². The summed E-state index contributed by atoms with van der Waals surface area (Å²) in [5.41, 5.74) is 0.698. The number of rotatable bonds is 6. The molecule has 21 heavy (non-hydrogen) atoms. The van der Waals surface area contributed by atoms with E-state index in [1.54, 1.807) is 18.2 Å². The van der Waals surface area contributed by atoms with Crippen molar-refractivity contribution in [2.45, 2.75) is 19.9 Å². The summed E-state index contributed by atoms with van der Waals surface area (Å²) in [6.45, 7) is 3.39. The summed E-state index contributed by atoms with van der Waals surface area (Å²) in [5.74, 6) is -0.533. The maximum Gasteiger partial charge on any atom is 0.167 e. The van der Waals surface area contributed by atoms with E-state index in [1.165, 1.54) is 18.2 Å². The standard InChI is InChI=1S/C16H16BrF2NO/c1-2-6-20-10-11-4-3-5-15(19)16(11)21-14-8-12(17)7-13(18)9-14/h3-5,7-9,20H,2,6,10H2,1H3. The summed E-state index contributed by atoms with van der Waals surface area (Å²) in [4.78, 5) is 0. The van der Waals surface area contributed by atoms with Crippen LogP contribution in [0.4, 0.5) is 8.78 Å². The van der Waals surface area contributed by atoms with E-state index in [9.17, 15) is 8.78 Å². The predicted octanol–water partition coefficient (Wildman–Crippen LogP) is 5.02. The molecule has 0 bridgehead atoms. The Kier molecular flexibility index (Phi) is 5.70. The largest absolute Gasteiger partial charge is 0.454 e. The van der Waals surface area contributed by atoms with Gasteiger partial charge in [-0.15, -0.1) is 0 Å². The second kappa shape index (κ2) is 7.52. The molecule has 2 nitrogen and oxygen atoms in total. The van der Waals surface area contributed by atoms with Crippen molar-refractivity contribution in [1.29, 1.82) is 0 Å². The molecule has 2 rings (SSSR count). The first kappa shape index (κ1) is 15.9. The number of hydrogen-bond acceptors (Lipinski definition) is 2. The van der Waals surface area contributed by atoms with Crippen molar-refractivity contribution in [2.24, 2.45) is 0 Å². The van der Waals surface area contributed by atoms with E-state index in [0.717, 1.165) is 13.0 Å². The van der Waals surface area contributed by atoms with Crippen LogP contribution >= 0.6 is 15.9 Å². The van der Waals surface area contributed by atoms with E-state index < -0.39 is 11.6 Å². The van der Waals surface area contributed by atoms with Crippen LogP contribution in [0.5, 0.6) is 11.5 Å². The Morgan fingerprint density at radius 2 is 2.00 bits per heavy atom. The molecule has 112 valence electrons. The SMILES string of the molecule is CCCNCc1cccc(F)c1Oc1cc(F)cc(Br)c1. The molecule has 0 unspecified atom stereocenters. The topological polar surface area (TPSA) is 21.3 Å².